The second-order valence-corrected chi connectivity index (χ2v) is 10.6. The molecule has 0 saturated carbocycles. The van der Waals surface area contributed by atoms with Crippen molar-refractivity contribution in [2.45, 2.75) is 51.8 Å². The SMILES string of the molecule is Cc1cn(CC(CC(=O)O)NC(=O)OCc2ccccc2)c(=O)nc1NCc1cscc1CNc1cccc[nH+]1.O=C([O-])C(F)(F)F. The zero-order chi connectivity index (χ0) is 34.4. The van der Waals surface area contributed by atoms with E-state index >= 15 is 0 Å². The summed E-state index contributed by atoms with van der Waals surface area (Å²) in [6, 6.07) is 14.1. The number of pyridine rings is 1. The van der Waals surface area contributed by atoms with Gasteiger partial charge in [-0.15, -0.1) is 0 Å². The second kappa shape index (κ2) is 17.3. The average molecular weight is 677 g/mol. The summed E-state index contributed by atoms with van der Waals surface area (Å²) in [4.78, 5) is 52.6. The summed E-state index contributed by atoms with van der Waals surface area (Å²) in [5.41, 5.74) is 3.15. The van der Waals surface area contributed by atoms with E-state index in [1.54, 1.807) is 24.5 Å². The highest BCUT2D eigenvalue weighted by atomic mass is 32.1. The van der Waals surface area contributed by atoms with E-state index in [-0.39, 0.29) is 19.6 Å². The summed E-state index contributed by atoms with van der Waals surface area (Å²) in [5.74, 6) is -2.77. The molecule has 0 bridgehead atoms. The molecule has 4 rings (SSSR count). The average Bonchev–Trinajstić information content (AvgIpc) is 3.48. The maximum Gasteiger partial charge on any atom is 0.430 e. The Morgan fingerprint density at radius 3 is 2.30 bits per heavy atom. The normalized spacial score (nSPS) is 11.4. The number of carbonyl (C=O) groups is 3. The first kappa shape index (κ1) is 36.0. The maximum atomic E-state index is 12.8. The van der Waals surface area contributed by atoms with Gasteiger partial charge in [0.2, 0.25) is 0 Å². The fraction of sp³-hybridized carbons (Fsp3) is 0.267. The number of aryl methyl sites for hydroxylation is 1. The highest BCUT2D eigenvalue weighted by molar-refractivity contribution is 7.08. The Labute approximate surface area is 270 Å². The monoisotopic (exact) mass is 676 g/mol. The van der Waals surface area contributed by atoms with Crippen molar-refractivity contribution in [1.82, 2.24) is 14.9 Å². The van der Waals surface area contributed by atoms with Crippen LogP contribution in [0.1, 0.15) is 28.7 Å². The number of benzene rings is 1. The molecular weight excluding hydrogens is 645 g/mol. The highest BCUT2D eigenvalue weighted by Crippen LogP contribution is 2.19. The number of alkyl carbamates (subject to hydrolysis) is 1. The minimum absolute atomic E-state index is 0.0417. The van der Waals surface area contributed by atoms with E-state index in [0.717, 1.165) is 22.5 Å². The number of hydrogen-bond donors (Lipinski definition) is 4. The van der Waals surface area contributed by atoms with Crippen LogP contribution < -0.4 is 31.7 Å². The fourth-order valence-corrected chi connectivity index (χ4v) is 4.85. The quantitative estimate of drug-likeness (QED) is 0.164. The molecule has 1 amide bonds. The van der Waals surface area contributed by atoms with Crippen LogP contribution in [0.15, 0.2) is 76.5 Å². The molecule has 0 aliphatic heterocycles. The van der Waals surface area contributed by atoms with Crippen LogP contribution in [-0.4, -0.2) is 44.9 Å². The van der Waals surface area contributed by atoms with Crippen LogP contribution in [-0.2, 0) is 40.6 Å². The number of aliphatic carboxylic acids is 2. The Morgan fingerprint density at radius 2 is 1.70 bits per heavy atom. The van der Waals surface area contributed by atoms with Gasteiger partial charge in [0.05, 0.1) is 18.7 Å². The molecule has 4 aromatic rings. The lowest BCUT2D eigenvalue weighted by Gasteiger charge is -2.19. The number of hydrogen-bond acceptors (Lipinski definition) is 10. The van der Waals surface area contributed by atoms with Gasteiger partial charge in [-0.1, -0.05) is 36.4 Å². The minimum atomic E-state index is -5.19. The Balaban J connectivity index is 0.000000771. The molecule has 0 saturated heterocycles. The Kier molecular flexibility index (Phi) is 13.3. The van der Waals surface area contributed by atoms with Gasteiger partial charge in [-0.25, -0.2) is 14.6 Å². The van der Waals surface area contributed by atoms with E-state index in [9.17, 15) is 32.7 Å². The van der Waals surface area contributed by atoms with Crippen LogP contribution in [0, 0.1) is 6.92 Å². The van der Waals surface area contributed by atoms with Crippen molar-refractivity contribution in [3.63, 3.8) is 0 Å². The van der Waals surface area contributed by atoms with E-state index in [4.69, 9.17) is 14.6 Å². The Hall–Kier alpha value is -5.45. The number of carboxylic acids is 2. The van der Waals surface area contributed by atoms with E-state index in [2.05, 4.69) is 31.3 Å². The van der Waals surface area contributed by atoms with E-state index in [1.807, 2.05) is 60.1 Å². The summed E-state index contributed by atoms with van der Waals surface area (Å²) in [5, 5.41) is 31.4. The van der Waals surface area contributed by atoms with Crippen molar-refractivity contribution in [2.24, 2.45) is 0 Å². The molecule has 0 spiro atoms. The topological polar surface area (TPSA) is 189 Å². The number of aromatic amines is 1. The molecule has 47 heavy (non-hydrogen) atoms. The minimum Gasteiger partial charge on any atom is -0.542 e. The molecule has 0 aliphatic rings. The third-order valence-electron chi connectivity index (χ3n) is 6.24. The first-order valence-electron chi connectivity index (χ1n) is 13.9. The predicted molar refractivity (Wildman–Crippen MR) is 162 cm³/mol. The van der Waals surface area contributed by atoms with Crippen molar-refractivity contribution in [3.8, 4) is 0 Å². The van der Waals surface area contributed by atoms with Crippen LogP contribution >= 0.6 is 11.3 Å². The zero-order valence-corrected chi connectivity index (χ0v) is 25.7. The summed E-state index contributed by atoms with van der Waals surface area (Å²) in [6.07, 6.45) is -2.89. The van der Waals surface area contributed by atoms with Crippen LogP contribution in [0.3, 0.4) is 0 Å². The van der Waals surface area contributed by atoms with Gasteiger partial charge in [-0.3, -0.25) is 14.7 Å². The predicted octanol–water partition coefficient (Wildman–Crippen LogP) is 2.72. The number of nitrogens with zero attached hydrogens (tertiary/aromatic N) is 2. The van der Waals surface area contributed by atoms with Gasteiger partial charge < -0.3 is 30.4 Å². The third kappa shape index (κ3) is 12.5. The number of anilines is 2. The number of nitrogens with one attached hydrogen (secondary N) is 4. The molecule has 0 fully saturated rings. The molecule has 3 heterocycles. The van der Waals surface area contributed by atoms with Gasteiger partial charge in [0.15, 0.2) is 0 Å². The number of aromatic nitrogens is 3. The van der Waals surface area contributed by atoms with Crippen LogP contribution in [0.25, 0.3) is 0 Å². The fourth-order valence-electron chi connectivity index (χ4n) is 3.98. The number of H-pyrrole nitrogens is 1. The molecule has 1 unspecified atom stereocenters. The molecule has 250 valence electrons. The number of amides is 1. The molecule has 0 radical (unpaired) electrons. The lowest BCUT2D eigenvalue weighted by molar-refractivity contribution is -0.361. The van der Waals surface area contributed by atoms with Gasteiger partial charge in [0.1, 0.15) is 24.9 Å². The molecule has 13 nitrogen and oxygen atoms in total. The number of rotatable bonds is 13. The van der Waals surface area contributed by atoms with E-state index in [0.29, 0.717) is 24.5 Å². The number of carboxylic acid groups (broad SMARTS) is 2. The van der Waals surface area contributed by atoms with Crippen molar-refractivity contribution in [3.05, 3.63) is 104 Å². The summed E-state index contributed by atoms with van der Waals surface area (Å²) in [7, 11) is 0. The van der Waals surface area contributed by atoms with Crippen LogP contribution in [0.5, 0.6) is 0 Å². The van der Waals surface area contributed by atoms with Crippen LogP contribution in [0.4, 0.5) is 29.6 Å². The first-order chi connectivity index (χ1) is 22.3. The van der Waals surface area contributed by atoms with E-state index in [1.165, 1.54) is 4.57 Å². The van der Waals surface area contributed by atoms with Crippen molar-refractivity contribution in [2.75, 3.05) is 10.6 Å². The number of alkyl halides is 3. The molecular formula is C30H31F3N6O7S. The largest absolute Gasteiger partial charge is 0.542 e. The number of ether oxygens (including phenoxy) is 1. The maximum absolute atomic E-state index is 12.8. The van der Waals surface area contributed by atoms with Crippen molar-refractivity contribution < 1.29 is 47.5 Å². The van der Waals surface area contributed by atoms with Crippen LogP contribution in [0.2, 0.25) is 0 Å². The summed E-state index contributed by atoms with van der Waals surface area (Å²) >= 11 is 1.60. The molecule has 1 aromatic carbocycles. The lowest BCUT2D eigenvalue weighted by Crippen LogP contribution is -2.42. The van der Waals surface area contributed by atoms with Gasteiger partial charge in [0.25, 0.3) is 5.82 Å². The Bertz CT molecular complexity index is 1680. The Morgan fingerprint density at radius 1 is 1.06 bits per heavy atom. The second-order valence-electron chi connectivity index (χ2n) is 9.90. The lowest BCUT2D eigenvalue weighted by atomic mass is 10.2. The molecule has 1 atom stereocenters. The van der Waals surface area contributed by atoms with Gasteiger partial charge in [-0.05, 0) is 34.9 Å². The zero-order valence-electron chi connectivity index (χ0n) is 24.9. The molecule has 17 heteroatoms. The number of carbonyl (C=O) groups excluding carboxylic acids is 2. The highest BCUT2D eigenvalue weighted by Gasteiger charge is 2.28. The van der Waals surface area contributed by atoms with Gasteiger partial charge in [-0.2, -0.15) is 29.5 Å². The van der Waals surface area contributed by atoms with Gasteiger partial charge >= 0.3 is 23.9 Å². The number of halogens is 3. The molecule has 3 aromatic heterocycles. The summed E-state index contributed by atoms with van der Waals surface area (Å²) in [6.45, 7) is 2.89. The summed E-state index contributed by atoms with van der Waals surface area (Å²) < 4.78 is 38.1. The molecule has 5 N–H and O–H groups in total. The third-order valence-corrected chi connectivity index (χ3v) is 7.08. The first-order valence-corrected chi connectivity index (χ1v) is 14.8. The molecule has 0 aliphatic carbocycles. The van der Waals surface area contributed by atoms with Crippen molar-refractivity contribution >= 4 is 41.0 Å². The van der Waals surface area contributed by atoms with Crippen molar-refractivity contribution in [1.29, 1.82) is 0 Å². The number of thiophene rings is 1. The smallest absolute Gasteiger partial charge is 0.430 e. The van der Waals surface area contributed by atoms with E-state index < -0.39 is 35.9 Å². The standard InChI is InChI=1S/C28H30N6O5S.C2HF3O2/c1-19-14-34(15-23(11-25(35)36)32-28(38)39-16-20-7-3-2-4-8-20)27(37)33-26(19)31-13-22-18-40-17-21(22)12-30-24-9-5-6-10-29-24;3-2(4,5)1(6)7/h2-10,14,17-18,23H,11-13,15-16H2,1H3,(H,29,30)(H,32,38)(H,35,36)(H,31,33,37);(H,6,7). The van der Waals surface area contributed by atoms with Gasteiger partial charge in [0, 0.05) is 36.5 Å².